The average molecular weight is 296 g/mol. The van der Waals surface area contributed by atoms with E-state index in [2.05, 4.69) is 0 Å². The Labute approximate surface area is 130 Å². The summed E-state index contributed by atoms with van der Waals surface area (Å²) in [5, 5.41) is 0. The summed E-state index contributed by atoms with van der Waals surface area (Å²) in [6.45, 7) is 1.77. The van der Waals surface area contributed by atoms with Crippen LogP contribution < -0.4 is 0 Å². The molecular formula is C19H20O3. The predicted molar refractivity (Wildman–Crippen MR) is 85.8 cm³/mol. The van der Waals surface area contributed by atoms with E-state index in [1.807, 2.05) is 49.4 Å². The zero-order valence-corrected chi connectivity index (χ0v) is 12.7. The molecule has 0 fully saturated rings. The van der Waals surface area contributed by atoms with Gasteiger partial charge in [-0.05, 0) is 25.3 Å². The van der Waals surface area contributed by atoms with Gasteiger partial charge in [0.25, 0.3) is 0 Å². The maximum Gasteiger partial charge on any atom is 0.306 e. The fourth-order valence-corrected chi connectivity index (χ4v) is 2.12. The van der Waals surface area contributed by atoms with Gasteiger partial charge in [-0.2, -0.15) is 0 Å². The van der Waals surface area contributed by atoms with Crippen LogP contribution in [0.3, 0.4) is 0 Å². The largest absolute Gasteiger partial charge is 0.457 e. The van der Waals surface area contributed by atoms with Crippen molar-refractivity contribution in [2.45, 2.75) is 26.2 Å². The van der Waals surface area contributed by atoms with Gasteiger partial charge in [-0.25, -0.2) is 0 Å². The highest BCUT2D eigenvalue weighted by Gasteiger charge is 2.09. The molecule has 0 saturated heterocycles. The number of ether oxygens (including phenoxy) is 1. The van der Waals surface area contributed by atoms with E-state index in [-0.39, 0.29) is 18.4 Å². The van der Waals surface area contributed by atoms with Gasteiger partial charge in [-0.3, -0.25) is 9.59 Å². The molecule has 2 rings (SSSR count). The molecular weight excluding hydrogens is 276 g/mol. The lowest BCUT2D eigenvalue weighted by atomic mass is 10.1. The van der Waals surface area contributed by atoms with E-state index in [9.17, 15) is 9.59 Å². The van der Waals surface area contributed by atoms with Crippen molar-refractivity contribution in [3.8, 4) is 0 Å². The van der Waals surface area contributed by atoms with E-state index in [0.29, 0.717) is 12.0 Å². The first-order chi connectivity index (χ1) is 10.6. The van der Waals surface area contributed by atoms with Crippen molar-refractivity contribution < 1.29 is 14.3 Å². The van der Waals surface area contributed by atoms with Crippen LogP contribution >= 0.6 is 0 Å². The van der Waals surface area contributed by atoms with Crippen LogP contribution in [-0.2, 0) is 16.0 Å². The second-order valence-corrected chi connectivity index (χ2v) is 5.29. The zero-order chi connectivity index (χ0) is 15.8. The lowest BCUT2D eigenvalue weighted by molar-refractivity contribution is -0.142. The third kappa shape index (κ3) is 5.17. The molecule has 0 radical (unpaired) electrons. The van der Waals surface area contributed by atoms with E-state index in [4.69, 9.17) is 4.74 Å². The highest BCUT2D eigenvalue weighted by Crippen LogP contribution is 2.07. The van der Waals surface area contributed by atoms with Crippen LogP contribution in [0.4, 0.5) is 0 Å². The standard InChI is InChI=1S/C19H20O3/c1-15-10-12-17(13-11-15)18(20)14-22-19(21)9-5-8-16-6-3-2-4-7-16/h2-4,6-7,10-13H,5,8-9,14H2,1H3. The Balaban J connectivity index is 1.69. The van der Waals surface area contributed by atoms with Gasteiger partial charge >= 0.3 is 5.97 Å². The Hall–Kier alpha value is -2.42. The number of benzene rings is 2. The fraction of sp³-hybridized carbons (Fsp3) is 0.263. The first-order valence-electron chi connectivity index (χ1n) is 7.44. The van der Waals surface area contributed by atoms with E-state index >= 15 is 0 Å². The number of ketones is 1. The van der Waals surface area contributed by atoms with E-state index in [1.54, 1.807) is 12.1 Å². The number of Topliss-reactive ketones (excluding diaryl/α,β-unsaturated/α-hetero) is 1. The lowest BCUT2D eigenvalue weighted by Gasteiger charge is -2.05. The van der Waals surface area contributed by atoms with E-state index in [0.717, 1.165) is 18.4 Å². The smallest absolute Gasteiger partial charge is 0.306 e. The van der Waals surface area contributed by atoms with E-state index < -0.39 is 0 Å². The second kappa shape index (κ2) is 8.13. The quantitative estimate of drug-likeness (QED) is 0.577. The Morgan fingerprint density at radius 2 is 1.64 bits per heavy atom. The Bertz CT molecular complexity index is 615. The molecule has 0 bridgehead atoms. The maximum absolute atomic E-state index is 11.9. The Kier molecular flexibility index (Phi) is 5.90. The van der Waals surface area contributed by atoms with E-state index in [1.165, 1.54) is 5.56 Å². The monoisotopic (exact) mass is 296 g/mol. The molecule has 0 atom stereocenters. The van der Waals surface area contributed by atoms with Crippen LogP contribution in [-0.4, -0.2) is 18.4 Å². The van der Waals surface area contributed by atoms with Crippen molar-refractivity contribution in [3.05, 3.63) is 71.3 Å². The molecule has 0 aliphatic carbocycles. The molecule has 0 amide bonds. The molecule has 2 aromatic carbocycles. The third-order valence-corrected chi connectivity index (χ3v) is 3.43. The first kappa shape index (κ1) is 16.0. The maximum atomic E-state index is 11.9. The molecule has 0 spiro atoms. The highest BCUT2D eigenvalue weighted by molar-refractivity contribution is 5.97. The number of hydrogen-bond acceptors (Lipinski definition) is 3. The molecule has 3 heteroatoms. The van der Waals surface area contributed by atoms with Crippen molar-refractivity contribution in [2.24, 2.45) is 0 Å². The minimum absolute atomic E-state index is 0.170. The van der Waals surface area contributed by atoms with Gasteiger partial charge in [0.05, 0.1) is 0 Å². The number of esters is 1. The van der Waals surface area contributed by atoms with Crippen LogP contribution in [0.15, 0.2) is 54.6 Å². The number of hydrogen-bond donors (Lipinski definition) is 0. The summed E-state index contributed by atoms with van der Waals surface area (Å²) in [7, 11) is 0. The van der Waals surface area contributed by atoms with Crippen molar-refractivity contribution in [1.82, 2.24) is 0 Å². The summed E-state index contributed by atoms with van der Waals surface area (Å²) in [6, 6.07) is 17.2. The summed E-state index contributed by atoms with van der Waals surface area (Å²) in [4.78, 5) is 23.5. The van der Waals surface area contributed by atoms with Gasteiger partial charge in [0, 0.05) is 12.0 Å². The fourth-order valence-electron chi connectivity index (χ4n) is 2.12. The Morgan fingerprint density at radius 1 is 0.955 bits per heavy atom. The highest BCUT2D eigenvalue weighted by atomic mass is 16.5. The zero-order valence-electron chi connectivity index (χ0n) is 12.7. The predicted octanol–water partition coefficient (Wildman–Crippen LogP) is 3.74. The van der Waals surface area contributed by atoms with Crippen molar-refractivity contribution >= 4 is 11.8 Å². The average Bonchev–Trinajstić information content (AvgIpc) is 2.54. The number of aryl methyl sites for hydroxylation is 2. The van der Waals surface area contributed by atoms with Crippen molar-refractivity contribution in [2.75, 3.05) is 6.61 Å². The number of carbonyl (C=O) groups excluding carboxylic acids is 2. The summed E-state index contributed by atoms with van der Waals surface area (Å²) in [6.07, 6.45) is 1.89. The summed E-state index contributed by atoms with van der Waals surface area (Å²) in [5.41, 5.74) is 2.86. The second-order valence-electron chi connectivity index (χ2n) is 5.29. The molecule has 0 aliphatic heterocycles. The summed E-state index contributed by atoms with van der Waals surface area (Å²) < 4.78 is 5.04. The number of carbonyl (C=O) groups is 2. The van der Waals surface area contributed by atoms with Crippen LogP contribution in [0, 0.1) is 6.92 Å². The Morgan fingerprint density at radius 3 is 2.32 bits per heavy atom. The van der Waals surface area contributed by atoms with Gasteiger partial charge in [0.15, 0.2) is 12.4 Å². The molecule has 0 N–H and O–H groups in total. The molecule has 2 aromatic rings. The lowest BCUT2D eigenvalue weighted by Crippen LogP contribution is -2.14. The topological polar surface area (TPSA) is 43.4 Å². The normalized spacial score (nSPS) is 10.2. The van der Waals surface area contributed by atoms with Crippen LogP contribution in [0.5, 0.6) is 0 Å². The number of rotatable bonds is 7. The molecule has 0 aliphatic rings. The molecule has 0 unspecified atom stereocenters. The van der Waals surface area contributed by atoms with Gasteiger partial charge in [0.1, 0.15) is 0 Å². The SMILES string of the molecule is Cc1ccc(C(=O)COC(=O)CCCc2ccccc2)cc1. The van der Waals surface area contributed by atoms with Gasteiger partial charge in [0.2, 0.25) is 0 Å². The summed E-state index contributed by atoms with van der Waals surface area (Å²) >= 11 is 0. The van der Waals surface area contributed by atoms with Gasteiger partial charge in [-0.1, -0.05) is 60.2 Å². The molecule has 22 heavy (non-hydrogen) atoms. The third-order valence-electron chi connectivity index (χ3n) is 3.43. The van der Waals surface area contributed by atoms with Gasteiger partial charge < -0.3 is 4.74 Å². The molecule has 0 heterocycles. The van der Waals surface area contributed by atoms with Crippen LogP contribution in [0.2, 0.25) is 0 Å². The molecule has 3 nitrogen and oxygen atoms in total. The molecule has 114 valence electrons. The minimum Gasteiger partial charge on any atom is -0.457 e. The van der Waals surface area contributed by atoms with Crippen LogP contribution in [0.1, 0.15) is 34.3 Å². The first-order valence-corrected chi connectivity index (χ1v) is 7.44. The molecule has 0 saturated carbocycles. The van der Waals surface area contributed by atoms with Crippen LogP contribution in [0.25, 0.3) is 0 Å². The molecule has 0 aromatic heterocycles. The van der Waals surface area contributed by atoms with Gasteiger partial charge in [-0.15, -0.1) is 0 Å². The minimum atomic E-state index is -0.323. The summed E-state index contributed by atoms with van der Waals surface area (Å²) in [5.74, 6) is -0.493. The van der Waals surface area contributed by atoms with Crippen molar-refractivity contribution in [1.29, 1.82) is 0 Å². The van der Waals surface area contributed by atoms with Crippen molar-refractivity contribution in [3.63, 3.8) is 0 Å².